The Labute approximate surface area is 117 Å². The third kappa shape index (κ3) is 3.91. The molecule has 112 valence electrons. The molecule has 0 amide bonds. The Morgan fingerprint density at radius 2 is 2.05 bits per heavy atom. The zero-order valence-electron chi connectivity index (χ0n) is 11.4. The Bertz CT molecular complexity index is 586. The van der Waals surface area contributed by atoms with E-state index < -0.39 is 26.4 Å². The summed E-state index contributed by atoms with van der Waals surface area (Å²) in [6, 6.07) is 2.80. The number of phenolic OH excluding ortho intramolecular Hbond substituents is 1. The standard InChI is InChI=1S/C12H18N2O5S/c1-3-5-9(4-2)13-20(18,19)10-6-7-12(15)11(8-10)14(16)17/h6-9,13,15H,3-5H2,1-2H3. The summed E-state index contributed by atoms with van der Waals surface area (Å²) in [6.45, 7) is 3.81. The Balaban J connectivity index is 3.09. The third-order valence-corrected chi connectivity index (χ3v) is 4.42. The summed E-state index contributed by atoms with van der Waals surface area (Å²) in [5.41, 5.74) is -0.628. The number of nitro benzene ring substituents is 1. The van der Waals surface area contributed by atoms with Gasteiger partial charge >= 0.3 is 5.69 Å². The maximum absolute atomic E-state index is 12.1. The topological polar surface area (TPSA) is 110 Å². The lowest BCUT2D eigenvalue weighted by molar-refractivity contribution is -0.386. The van der Waals surface area contributed by atoms with Gasteiger partial charge in [0.2, 0.25) is 10.0 Å². The van der Waals surface area contributed by atoms with Crippen molar-refractivity contribution in [3.05, 3.63) is 28.3 Å². The molecule has 2 N–H and O–H groups in total. The molecule has 20 heavy (non-hydrogen) atoms. The Morgan fingerprint density at radius 3 is 2.55 bits per heavy atom. The van der Waals surface area contributed by atoms with Gasteiger partial charge in [0.15, 0.2) is 5.75 Å². The van der Waals surface area contributed by atoms with Gasteiger partial charge in [-0.25, -0.2) is 13.1 Å². The molecule has 0 radical (unpaired) electrons. The number of benzene rings is 1. The van der Waals surface area contributed by atoms with Gasteiger partial charge in [-0.05, 0) is 25.0 Å². The first-order valence-electron chi connectivity index (χ1n) is 6.31. The van der Waals surface area contributed by atoms with Crippen molar-refractivity contribution in [1.82, 2.24) is 4.72 Å². The number of phenols is 1. The van der Waals surface area contributed by atoms with E-state index in [1.807, 2.05) is 13.8 Å². The average Bonchev–Trinajstić information content (AvgIpc) is 2.37. The number of rotatable bonds is 7. The SMILES string of the molecule is CCCC(CC)NS(=O)(=O)c1ccc(O)c([N+](=O)[O-])c1. The molecule has 1 aromatic rings. The molecule has 1 unspecified atom stereocenters. The highest BCUT2D eigenvalue weighted by molar-refractivity contribution is 7.89. The van der Waals surface area contributed by atoms with Crippen LogP contribution in [-0.2, 0) is 10.0 Å². The molecule has 0 aliphatic heterocycles. The Hall–Kier alpha value is -1.67. The van der Waals surface area contributed by atoms with Crippen molar-refractivity contribution in [2.24, 2.45) is 0 Å². The molecule has 0 spiro atoms. The molecule has 0 aliphatic carbocycles. The lowest BCUT2D eigenvalue weighted by Gasteiger charge is -2.16. The Kier molecular flexibility index (Phi) is 5.46. The van der Waals surface area contributed by atoms with E-state index in [2.05, 4.69) is 4.72 Å². The molecule has 0 bridgehead atoms. The van der Waals surface area contributed by atoms with E-state index in [1.54, 1.807) is 0 Å². The lowest BCUT2D eigenvalue weighted by atomic mass is 10.1. The van der Waals surface area contributed by atoms with Gasteiger partial charge in [-0.3, -0.25) is 10.1 Å². The van der Waals surface area contributed by atoms with Crippen LogP contribution in [-0.4, -0.2) is 24.5 Å². The number of nitro groups is 1. The van der Waals surface area contributed by atoms with Crippen LogP contribution < -0.4 is 4.72 Å². The minimum Gasteiger partial charge on any atom is -0.502 e. The molecule has 7 nitrogen and oxygen atoms in total. The highest BCUT2D eigenvalue weighted by atomic mass is 32.2. The molecule has 0 aliphatic rings. The monoisotopic (exact) mass is 302 g/mol. The third-order valence-electron chi connectivity index (χ3n) is 2.91. The second kappa shape index (κ2) is 6.67. The fourth-order valence-electron chi connectivity index (χ4n) is 1.80. The largest absolute Gasteiger partial charge is 0.502 e. The fourth-order valence-corrected chi connectivity index (χ4v) is 3.17. The number of nitrogens with one attached hydrogen (secondary N) is 1. The van der Waals surface area contributed by atoms with Gasteiger partial charge in [-0.1, -0.05) is 20.3 Å². The van der Waals surface area contributed by atoms with Gasteiger partial charge in [-0.15, -0.1) is 0 Å². The molecule has 0 heterocycles. The van der Waals surface area contributed by atoms with E-state index in [4.69, 9.17) is 0 Å². The normalized spacial score (nSPS) is 13.1. The van der Waals surface area contributed by atoms with Crippen LogP contribution in [0.1, 0.15) is 33.1 Å². The van der Waals surface area contributed by atoms with Crippen molar-refractivity contribution in [3.63, 3.8) is 0 Å². The molecular formula is C12H18N2O5S. The van der Waals surface area contributed by atoms with Crippen molar-refractivity contribution in [3.8, 4) is 5.75 Å². The summed E-state index contributed by atoms with van der Waals surface area (Å²) >= 11 is 0. The van der Waals surface area contributed by atoms with E-state index >= 15 is 0 Å². The number of sulfonamides is 1. The first-order valence-corrected chi connectivity index (χ1v) is 7.79. The van der Waals surface area contributed by atoms with E-state index in [0.717, 1.165) is 24.6 Å². The molecule has 0 fully saturated rings. The van der Waals surface area contributed by atoms with Crippen molar-refractivity contribution in [2.75, 3.05) is 0 Å². The average molecular weight is 302 g/mol. The predicted molar refractivity (Wildman–Crippen MR) is 74.1 cm³/mol. The van der Waals surface area contributed by atoms with Crippen LogP contribution in [0.15, 0.2) is 23.1 Å². The van der Waals surface area contributed by atoms with Crippen LogP contribution in [0.25, 0.3) is 0 Å². The van der Waals surface area contributed by atoms with Gasteiger partial charge in [0, 0.05) is 12.1 Å². The number of nitrogens with zero attached hydrogens (tertiary/aromatic N) is 1. The maximum Gasteiger partial charge on any atom is 0.312 e. The van der Waals surface area contributed by atoms with Crippen molar-refractivity contribution >= 4 is 15.7 Å². The minimum absolute atomic E-state index is 0.210. The summed E-state index contributed by atoms with van der Waals surface area (Å²) in [4.78, 5) is 9.66. The van der Waals surface area contributed by atoms with E-state index in [1.165, 1.54) is 0 Å². The summed E-state index contributed by atoms with van der Waals surface area (Å²) in [7, 11) is -3.83. The van der Waals surface area contributed by atoms with Crippen molar-refractivity contribution < 1.29 is 18.4 Å². The smallest absolute Gasteiger partial charge is 0.312 e. The zero-order chi connectivity index (χ0) is 15.3. The number of hydrogen-bond donors (Lipinski definition) is 2. The molecule has 1 aromatic carbocycles. The molecule has 8 heteroatoms. The molecule has 1 atom stereocenters. The molecule has 1 rings (SSSR count). The highest BCUT2D eigenvalue weighted by Gasteiger charge is 2.23. The van der Waals surface area contributed by atoms with Gasteiger partial charge in [0.1, 0.15) is 0 Å². The van der Waals surface area contributed by atoms with Crippen LogP contribution in [0, 0.1) is 10.1 Å². The van der Waals surface area contributed by atoms with Gasteiger partial charge < -0.3 is 5.11 Å². The fraction of sp³-hybridized carbons (Fsp3) is 0.500. The quantitative estimate of drug-likeness (QED) is 0.592. The number of aromatic hydroxyl groups is 1. The van der Waals surface area contributed by atoms with E-state index in [0.29, 0.717) is 12.8 Å². The van der Waals surface area contributed by atoms with Crippen LogP contribution in [0.3, 0.4) is 0 Å². The summed E-state index contributed by atoms with van der Waals surface area (Å²) in [5, 5.41) is 20.0. The second-order valence-corrected chi connectivity index (χ2v) is 6.14. The zero-order valence-corrected chi connectivity index (χ0v) is 12.2. The van der Waals surface area contributed by atoms with Gasteiger partial charge in [0.05, 0.1) is 9.82 Å². The second-order valence-electron chi connectivity index (χ2n) is 4.42. The molecule has 0 saturated heterocycles. The first kappa shape index (κ1) is 16.4. The Morgan fingerprint density at radius 1 is 1.40 bits per heavy atom. The van der Waals surface area contributed by atoms with Crippen molar-refractivity contribution in [2.45, 2.75) is 44.0 Å². The minimum atomic E-state index is -3.83. The number of hydrogen-bond acceptors (Lipinski definition) is 5. The molecule has 0 saturated carbocycles. The van der Waals surface area contributed by atoms with Crippen LogP contribution in [0.2, 0.25) is 0 Å². The highest BCUT2D eigenvalue weighted by Crippen LogP contribution is 2.28. The molecular weight excluding hydrogens is 284 g/mol. The van der Waals surface area contributed by atoms with E-state index in [-0.39, 0.29) is 10.9 Å². The van der Waals surface area contributed by atoms with Gasteiger partial charge in [-0.2, -0.15) is 0 Å². The predicted octanol–water partition coefficient (Wildman–Crippen LogP) is 2.16. The maximum atomic E-state index is 12.1. The summed E-state index contributed by atoms with van der Waals surface area (Å²) < 4.78 is 26.8. The van der Waals surface area contributed by atoms with Crippen LogP contribution in [0.4, 0.5) is 5.69 Å². The van der Waals surface area contributed by atoms with Gasteiger partial charge in [0.25, 0.3) is 0 Å². The molecule has 0 aromatic heterocycles. The first-order chi connectivity index (χ1) is 9.31. The van der Waals surface area contributed by atoms with Crippen LogP contribution >= 0.6 is 0 Å². The summed E-state index contributed by atoms with van der Waals surface area (Å²) in [5.74, 6) is -0.561. The van der Waals surface area contributed by atoms with E-state index in [9.17, 15) is 23.6 Å². The van der Waals surface area contributed by atoms with Crippen molar-refractivity contribution in [1.29, 1.82) is 0 Å². The summed E-state index contributed by atoms with van der Waals surface area (Å²) in [6.07, 6.45) is 2.15. The lowest BCUT2D eigenvalue weighted by Crippen LogP contribution is -2.34. The van der Waals surface area contributed by atoms with Crippen LogP contribution in [0.5, 0.6) is 5.75 Å².